The molecule has 9 heteroatoms. The minimum atomic E-state index is -4.44. The molecule has 0 aliphatic carbocycles. The number of hydrogen-bond donors (Lipinski definition) is 0. The highest BCUT2D eigenvalue weighted by Crippen LogP contribution is 2.36. The lowest BCUT2D eigenvalue weighted by Crippen LogP contribution is -2.23. The third kappa shape index (κ3) is 6.22. The van der Waals surface area contributed by atoms with Crippen LogP contribution in [0.25, 0.3) is 0 Å². The Labute approximate surface area is 212 Å². The van der Waals surface area contributed by atoms with Crippen molar-refractivity contribution in [2.45, 2.75) is 33.0 Å². The minimum Gasteiger partial charge on any atom is -0.493 e. The van der Waals surface area contributed by atoms with Crippen LogP contribution in [0.3, 0.4) is 0 Å². The second kappa shape index (κ2) is 10.9. The van der Waals surface area contributed by atoms with Crippen molar-refractivity contribution >= 4 is 17.6 Å². The standard InChI is InChI=1S/C28H26F3NO5/c1-3-35-26(33)17-37-22-14-18(2)13-19(15-22)11-12-36-25-6-4-5-23-24(25)16-32(27(23)34)21-9-7-20(8-10-21)28(29,30)31/h4-10,13-15H,3,11-12,16-17H2,1-2H3. The summed E-state index contributed by atoms with van der Waals surface area (Å²) in [6.45, 7) is 4.29. The van der Waals surface area contributed by atoms with Crippen LogP contribution >= 0.6 is 0 Å². The molecule has 1 aliphatic rings. The summed E-state index contributed by atoms with van der Waals surface area (Å²) in [7, 11) is 0. The van der Waals surface area contributed by atoms with Crippen LogP contribution in [-0.4, -0.2) is 31.7 Å². The molecule has 0 spiro atoms. The Bertz CT molecular complexity index is 1290. The van der Waals surface area contributed by atoms with Gasteiger partial charge in [0.25, 0.3) is 5.91 Å². The van der Waals surface area contributed by atoms with Crippen LogP contribution in [0.1, 0.15) is 39.5 Å². The number of ether oxygens (including phenoxy) is 3. The van der Waals surface area contributed by atoms with Gasteiger partial charge in [-0.3, -0.25) is 4.79 Å². The van der Waals surface area contributed by atoms with Crippen molar-refractivity contribution in [2.24, 2.45) is 0 Å². The third-order valence-electron chi connectivity index (χ3n) is 5.85. The minimum absolute atomic E-state index is 0.174. The monoisotopic (exact) mass is 513 g/mol. The SMILES string of the molecule is CCOC(=O)COc1cc(C)cc(CCOc2cccc3c2CN(c2ccc(C(F)(F)F)cc2)C3=O)c1. The van der Waals surface area contributed by atoms with Crippen LogP contribution in [0, 0.1) is 6.92 Å². The van der Waals surface area contributed by atoms with E-state index in [1.807, 2.05) is 25.1 Å². The van der Waals surface area contributed by atoms with Crippen LogP contribution in [0.2, 0.25) is 0 Å². The average molecular weight is 514 g/mol. The molecule has 194 valence electrons. The van der Waals surface area contributed by atoms with Crippen molar-refractivity contribution in [2.75, 3.05) is 24.7 Å². The summed E-state index contributed by atoms with van der Waals surface area (Å²) in [5, 5.41) is 0. The van der Waals surface area contributed by atoms with Gasteiger partial charge in [0.05, 0.1) is 25.3 Å². The first-order valence-electron chi connectivity index (χ1n) is 11.8. The predicted molar refractivity (Wildman–Crippen MR) is 131 cm³/mol. The van der Waals surface area contributed by atoms with Crippen LogP contribution < -0.4 is 14.4 Å². The molecule has 0 unspecified atom stereocenters. The van der Waals surface area contributed by atoms with Gasteiger partial charge in [-0.2, -0.15) is 13.2 Å². The number of halogens is 3. The maximum atomic E-state index is 13.0. The highest BCUT2D eigenvalue weighted by atomic mass is 19.4. The number of benzene rings is 3. The Morgan fingerprint density at radius 1 is 1.03 bits per heavy atom. The fraction of sp³-hybridized carbons (Fsp3) is 0.286. The van der Waals surface area contributed by atoms with Gasteiger partial charge < -0.3 is 19.1 Å². The quantitative estimate of drug-likeness (QED) is 0.342. The van der Waals surface area contributed by atoms with E-state index in [4.69, 9.17) is 14.2 Å². The third-order valence-corrected chi connectivity index (χ3v) is 5.85. The highest BCUT2D eigenvalue weighted by molar-refractivity contribution is 6.10. The average Bonchev–Trinajstić information content (AvgIpc) is 3.19. The van der Waals surface area contributed by atoms with Gasteiger partial charge in [-0.1, -0.05) is 12.1 Å². The molecular formula is C28H26F3NO5. The van der Waals surface area contributed by atoms with Crippen molar-refractivity contribution in [3.63, 3.8) is 0 Å². The summed E-state index contributed by atoms with van der Waals surface area (Å²) in [4.78, 5) is 25.9. The van der Waals surface area contributed by atoms with Crippen molar-refractivity contribution in [3.8, 4) is 11.5 Å². The molecule has 0 radical (unpaired) electrons. The van der Waals surface area contributed by atoms with Crippen molar-refractivity contribution in [1.29, 1.82) is 0 Å². The number of carbonyl (C=O) groups is 2. The molecule has 0 saturated carbocycles. The zero-order valence-electron chi connectivity index (χ0n) is 20.4. The Hall–Kier alpha value is -4.01. The maximum Gasteiger partial charge on any atom is 0.416 e. The molecule has 0 N–H and O–H groups in total. The number of hydrogen-bond acceptors (Lipinski definition) is 5. The van der Waals surface area contributed by atoms with Gasteiger partial charge in [-0.25, -0.2) is 4.79 Å². The maximum absolute atomic E-state index is 13.0. The van der Waals surface area contributed by atoms with E-state index >= 15 is 0 Å². The molecule has 0 aromatic heterocycles. The Balaban J connectivity index is 1.41. The number of anilines is 1. The summed E-state index contributed by atoms with van der Waals surface area (Å²) in [6, 6.07) is 15.4. The Kier molecular flexibility index (Phi) is 7.71. The Morgan fingerprint density at radius 3 is 2.49 bits per heavy atom. The zero-order valence-corrected chi connectivity index (χ0v) is 20.4. The Morgan fingerprint density at radius 2 is 1.78 bits per heavy atom. The normalized spacial score (nSPS) is 12.9. The first kappa shape index (κ1) is 26.1. The van der Waals surface area contributed by atoms with Crippen LogP contribution in [0.4, 0.5) is 18.9 Å². The summed E-state index contributed by atoms with van der Waals surface area (Å²) < 4.78 is 55.1. The number of carbonyl (C=O) groups excluding carboxylic acids is 2. The molecule has 6 nitrogen and oxygen atoms in total. The lowest BCUT2D eigenvalue weighted by atomic mass is 10.1. The molecular weight excluding hydrogens is 487 g/mol. The van der Waals surface area contributed by atoms with E-state index in [0.717, 1.165) is 23.3 Å². The van der Waals surface area contributed by atoms with Crippen LogP contribution in [-0.2, 0) is 28.7 Å². The smallest absolute Gasteiger partial charge is 0.416 e. The molecule has 1 aliphatic heterocycles. The number of aryl methyl sites for hydroxylation is 1. The van der Waals surface area contributed by atoms with Crippen molar-refractivity contribution in [1.82, 2.24) is 0 Å². The molecule has 0 atom stereocenters. The number of amides is 1. The lowest BCUT2D eigenvalue weighted by Gasteiger charge is -2.17. The van der Waals surface area contributed by atoms with Gasteiger partial charge in [0.1, 0.15) is 11.5 Å². The summed E-state index contributed by atoms with van der Waals surface area (Å²) in [5.41, 5.74) is 2.69. The second-order valence-electron chi connectivity index (χ2n) is 8.56. The number of alkyl halides is 3. The molecule has 4 rings (SSSR count). The van der Waals surface area contributed by atoms with Crippen molar-refractivity contribution in [3.05, 3.63) is 88.5 Å². The molecule has 37 heavy (non-hydrogen) atoms. The van der Waals surface area contributed by atoms with E-state index in [9.17, 15) is 22.8 Å². The molecule has 3 aromatic carbocycles. The topological polar surface area (TPSA) is 65.1 Å². The van der Waals surface area contributed by atoms with Crippen molar-refractivity contribution < 1.29 is 37.0 Å². The van der Waals surface area contributed by atoms with E-state index in [0.29, 0.717) is 41.3 Å². The number of rotatable bonds is 9. The first-order valence-corrected chi connectivity index (χ1v) is 11.8. The van der Waals surface area contributed by atoms with E-state index in [2.05, 4.69) is 0 Å². The molecule has 1 amide bonds. The lowest BCUT2D eigenvalue weighted by molar-refractivity contribution is -0.145. The zero-order chi connectivity index (χ0) is 26.6. The molecule has 0 saturated heterocycles. The van der Waals surface area contributed by atoms with Crippen LogP contribution in [0.15, 0.2) is 60.7 Å². The largest absolute Gasteiger partial charge is 0.493 e. The van der Waals surface area contributed by atoms with Gasteiger partial charge >= 0.3 is 12.1 Å². The summed E-state index contributed by atoms with van der Waals surface area (Å²) in [6.07, 6.45) is -3.89. The second-order valence-corrected chi connectivity index (χ2v) is 8.56. The summed E-state index contributed by atoms with van der Waals surface area (Å²) >= 11 is 0. The van der Waals surface area contributed by atoms with Gasteiger partial charge in [0.2, 0.25) is 0 Å². The molecule has 0 fully saturated rings. The first-order chi connectivity index (χ1) is 17.7. The summed E-state index contributed by atoms with van der Waals surface area (Å²) in [5.74, 6) is 0.377. The van der Waals surface area contributed by atoms with E-state index in [1.54, 1.807) is 25.1 Å². The van der Waals surface area contributed by atoms with E-state index in [-0.39, 0.29) is 25.7 Å². The van der Waals surface area contributed by atoms with Gasteiger partial charge in [0, 0.05) is 23.2 Å². The van der Waals surface area contributed by atoms with Gasteiger partial charge in [-0.15, -0.1) is 0 Å². The number of fused-ring (bicyclic) bond motifs is 1. The number of esters is 1. The fourth-order valence-corrected chi connectivity index (χ4v) is 4.15. The fourth-order valence-electron chi connectivity index (χ4n) is 4.15. The highest BCUT2D eigenvalue weighted by Gasteiger charge is 2.33. The number of nitrogens with zero attached hydrogens (tertiary/aromatic N) is 1. The molecule has 0 bridgehead atoms. The van der Waals surface area contributed by atoms with Gasteiger partial charge in [0.15, 0.2) is 6.61 Å². The van der Waals surface area contributed by atoms with E-state index < -0.39 is 17.7 Å². The van der Waals surface area contributed by atoms with Gasteiger partial charge in [-0.05, 0) is 73.5 Å². The van der Waals surface area contributed by atoms with E-state index in [1.165, 1.54) is 17.0 Å². The molecule has 3 aromatic rings. The van der Waals surface area contributed by atoms with Crippen LogP contribution in [0.5, 0.6) is 11.5 Å². The molecule has 1 heterocycles. The predicted octanol–water partition coefficient (Wildman–Crippen LogP) is 5.74.